The molecule has 0 aromatic carbocycles. The van der Waals surface area contributed by atoms with Gasteiger partial charge in [0.15, 0.2) is 28.1 Å². The Morgan fingerprint density at radius 2 is 1.63 bits per heavy atom. The molecule has 25 heteroatoms. The maximum atomic E-state index is 15.2. The fraction of sp³-hybridized carbons (Fsp3) is 0.706. The SMILES string of the molecule is CO[C@]1(C)C[C@@H](C)C(=O)[C@H](C)[C@H]2C(SCCn3cnc4c(N)ncc(C(=O)Nc5c(Cl)cncc5Cl)c43)C(=O)O[C@]2(C)[C@@H](I)OC(=O)[C@H](C)[C@H]2O[C@H]3C[C@@](C)(OC)[C@@H](O)[C@H](C[C@@H]4C[C@H](N(C)C)[C@@H](O)[C@@H](O4)O[C@@H]1[C@H]2C)O3. The number of imidazole rings is 1. The molecule has 1 unspecified atom stereocenters. The van der Waals surface area contributed by atoms with Gasteiger partial charge in [0.1, 0.15) is 28.8 Å². The number of nitrogens with two attached hydrogens (primary N) is 1. The maximum Gasteiger partial charge on any atom is 0.320 e. The number of cyclic esters (lactones) is 1. The van der Waals surface area contributed by atoms with E-state index in [2.05, 4.69) is 20.3 Å². The Morgan fingerprint density at radius 3 is 2.29 bits per heavy atom. The Kier molecular flexibility index (Phi) is 18.0. The summed E-state index contributed by atoms with van der Waals surface area (Å²) in [5, 5.41) is 25.8. The molecule has 8 heterocycles. The van der Waals surface area contributed by atoms with Gasteiger partial charge in [0.25, 0.3) is 5.91 Å². The van der Waals surface area contributed by atoms with E-state index in [4.69, 9.17) is 66.8 Å². The van der Waals surface area contributed by atoms with Gasteiger partial charge in [-0.25, -0.2) is 9.97 Å². The third-order valence-corrected chi connectivity index (χ3v) is 19.9. The minimum Gasteiger partial charge on any atom is -0.453 e. The summed E-state index contributed by atoms with van der Waals surface area (Å²) in [6, 6.07) is -0.434. The Hall–Kier alpha value is -3.05. The highest BCUT2D eigenvalue weighted by atomic mass is 127. The van der Waals surface area contributed by atoms with Gasteiger partial charge in [0.05, 0.1) is 74.7 Å². The van der Waals surface area contributed by atoms with Crippen molar-refractivity contribution in [2.45, 2.75) is 162 Å². The van der Waals surface area contributed by atoms with Crippen LogP contribution >= 0.6 is 57.6 Å². The van der Waals surface area contributed by atoms with Crippen molar-refractivity contribution in [3.63, 3.8) is 0 Å². The van der Waals surface area contributed by atoms with E-state index in [1.165, 1.54) is 50.9 Å². The second-order valence-electron chi connectivity index (χ2n) is 21.8. The van der Waals surface area contributed by atoms with Crippen LogP contribution in [-0.4, -0.2) is 174 Å². The number of aryl methyl sites for hydroxylation is 1. The number of halogens is 3. The number of ether oxygens (including phenoxy) is 8. The molecule has 5 aliphatic rings. The first-order chi connectivity index (χ1) is 35.8. The Morgan fingerprint density at radius 1 is 0.947 bits per heavy atom. The standard InChI is InChI=1S/C51H70Cl2IN7O14S/c1-22-16-50(6,69-11)42-24(3)39(72-32-17-49(5,68-10)41(64)31(71-32)15-26-14-30(60(8)9)38(63)47(70-26)73-42)25(4)45(66)74-48(54)51(7)33(23(2)37(22)62)40(46(67)75-51)76-13-12-61-21-58-35-36(61)27(18-57-43(35)55)44(65)59-34-28(52)19-56-20-29(34)53/h18-26,30-33,38-42,47-48,63-64H,12-17H2,1-11H3,(H2,55,57)(H,56,59,65)/t22-,23-,24+,25-,26+,30+,31+,32+,33+,38-,39+,40?,41+,42-,47+,48+,49-,50-,51+/m1/s1. The molecule has 3 aromatic heterocycles. The molecule has 0 spiro atoms. The summed E-state index contributed by atoms with van der Waals surface area (Å²) in [4.78, 5) is 72.9. The number of rotatable bonds is 9. The van der Waals surface area contributed by atoms with Gasteiger partial charge in [-0.15, -0.1) is 11.8 Å². The van der Waals surface area contributed by atoms with Crippen LogP contribution in [0.15, 0.2) is 24.9 Å². The molecule has 1 amide bonds. The van der Waals surface area contributed by atoms with Gasteiger partial charge in [0.2, 0.25) is 0 Å². The number of esters is 2. The van der Waals surface area contributed by atoms with E-state index in [0.717, 1.165) is 0 Å². The zero-order chi connectivity index (χ0) is 55.5. The van der Waals surface area contributed by atoms with Crippen LogP contribution in [0.4, 0.5) is 11.5 Å². The first kappa shape index (κ1) is 59.1. The number of carbonyl (C=O) groups excluding carboxylic acids is 4. The number of aromatic nitrogens is 4. The predicted octanol–water partition coefficient (Wildman–Crippen LogP) is 5.69. The molecule has 5 saturated heterocycles. The lowest BCUT2D eigenvalue weighted by Gasteiger charge is -2.52. The lowest BCUT2D eigenvalue weighted by atomic mass is 9.72. The van der Waals surface area contributed by atoms with Crippen molar-refractivity contribution in [2.75, 3.05) is 45.1 Å². The zero-order valence-electron chi connectivity index (χ0n) is 44.4. The van der Waals surface area contributed by atoms with Crippen molar-refractivity contribution >= 4 is 104 Å². The Bertz CT molecular complexity index is 2640. The van der Waals surface area contributed by atoms with Crippen LogP contribution in [0.1, 0.15) is 84.5 Å². The number of aliphatic hydroxyl groups is 2. The summed E-state index contributed by atoms with van der Waals surface area (Å²) in [6.45, 7) is 12.6. The number of amides is 1. The number of anilines is 2. The summed E-state index contributed by atoms with van der Waals surface area (Å²) in [7, 11) is 6.76. The van der Waals surface area contributed by atoms with Gasteiger partial charge in [-0.1, -0.05) is 44.0 Å². The number of nitrogens with one attached hydrogen (secondary N) is 1. The summed E-state index contributed by atoms with van der Waals surface area (Å²) in [5.41, 5.74) is 3.21. The first-order valence-electron chi connectivity index (χ1n) is 25.4. The van der Waals surface area contributed by atoms with Crippen molar-refractivity contribution in [3.8, 4) is 0 Å². The lowest BCUT2D eigenvalue weighted by molar-refractivity contribution is -0.339. The largest absolute Gasteiger partial charge is 0.453 e. The number of ketones is 1. The molecule has 76 heavy (non-hydrogen) atoms. The molecular formula is C51H70Cl2IN7O14S. The van der Waals surface area contributed by atoms with E-state index in [-0.39, 0.29) is 70.0 Å². The van der Waals surface area contributed by atoms with E-state index >= 15 is 4.79 Å². The second kappa shape index (κ2) is 23.2. The molecular weight excluding hydrogens is 1160 g/mol. The minimum atomic E-state index is -1.52. The number of Topliss-reactive ketones (excluding diaryl/α,β-unsaturated/α-hetero) is 1. The van der Waals surface area contributed by atoms with Crippen LogP contribution in [-0.2, 0) is 58.8 Å². The molecule has 21 nitrogen and oxygen atoms in total. The van der Waals surface area contributed by atoms with Gasteiger partial charge in [-0.2, -0.15) is 0 Å². The van der Waals surface area contributed by atoms with Crippen molar-refractivity contribution in [3.05, 3.63) is 40.5 Å². The topological polar surface area (TPSA) is 267 Å². The number of nitrogens with zero attached hydrogens (tertiary/aromatic N) is 5. The number of hydrogen-bond donors (Lipinski definition) is 4. The molecule has 5 aliphatic heterocycles. The number of alkyl halides is 1. The zero-order valence-corrected chi connectivity index (χ0v) is 48.9. The summed E-state index contributed by atoms with van der Waals surface area (Å²) >= 11 is 15.9. The van der Waals surface area contributed by atoms with Gasteiger partial charge < -0.3 is 68.6 Å². The first-order valence-corrected chi connectivity index (χ1v) is 28.5. The lowest BCUT2D eigenvalue weighted by Crippen LogP contribution is -2.63. The molecule has 19 atom stereocenters. The van der Waals surface area contributed by atoms with Crippen LogP contribution in [0.5, 0.6) is 0 Å². The number of pyridine rings is 2. The third kappa shape index (κ3) is 11.2. The smallest absolute Gasteiger partial charge is 0.320 e. The van der Waals surface area contributed by atoms with Crippen molar-refractivity contribution in [1.29, 1.82) is 0 Å². The number of likely N-dealkylation sites (N-methyl/N-ethyl adjacent to an activating group) is 1. The fourth-order valence-electron chi connectivity index (χ4n) is 12.1. The summed E-state index contributed by atoms with van der Waals surface area (Å²) in [6.07, 6.45) is -1.61. The molecule has 3 aromatic rings. The van der Waals surface area contributed by atoms with Crippen LogP contribution in [0.2, 0.25) is 10.0 Å². The van der Waals surface area contributed by atoms with E-state index in [0.29, 0.717) is 11.9 Å². The van der Waals surface area contributed by atoms with Crippen LogP contribution in [0.25, 0.3) is 11.0 Å². The highest BCUT2D eigenvalue weighted by Gasteiger charge is 2.62. The van der Waals surface area contributed by atoms with Crippen LogP contribution in [0, 0.1) is 29.6 Å². The molecule has 420 valence electrons. The van der Waals surface area contributed by atoms with E-state index in [9.17, 15) is 24.6 Å². The summed E-state index contributed by atoms with van der Waals surface area (Å²) < 4.78 is 52.9. The van der Waals surface area contributed by atoms with Crippen molar-refractivity contribution in [1.82, 2.24) is 24.4 Å². The van der Waals surface area contributed by atoms with Gasteiger partial charge in [-0.3, -0.25) is 24.2 Å². The van der Waals surface area contributed by atoms with Crippen LogP contribution in [0.3, 0.4) is 0 Å². The molecule has 5 fully saturated rings. The van der Waals surface area contributed by atoms with Gasteiger partial charge in [-0.05, 0) is 77.2 Å². The monoisotopic (exact) mass is 1230 g/mol. The fourth-order valence-corrected chi connectivity index (χ4v) is 14.8. The highest BCUT2D eigenvalue weighted by molar-refractivity contribution is 14.1. The van der Waals surface area contributed by atoms with E-state index in [1.54, 1.807) is 32.3 Å². The van der Waals surface area contributed by atoms with Crippen LogP contribution < -0.4 is 11.1 Å². The molecule has 8 rings (SSSR count). The number of methoxy groups -OCH3 is 2. The molecule has 0 saturated carbocycles. The van der Waals surface area contributed by atoms with Crippen molar-refractivity contribution < 1.29 is 67.3 Å². The van der Waals surface area contributed by atoms with Crippen molar-refractivity contribution in [2.24, 2.45) is 29.6 Å². The molecule has 0 aliphatic carbocycles. The Balaban J connectivity index is 1.13. The minimum absolute atomic E-state index is 0.0894. The number of aliphatic hydroxyl groups excluding tert-OH is 2. The van der Waals surface area contributed by atoms with E-state index < -0.39 is 129 Å². The average molecular weight is 1240 g/mol. The maximum absolute atomic E-state index is 15.2. The molecule has 5 N–H and O–H groups in total. The number of carbonyl (C=O) groups is 4. The summed E-state index contributed by atoms with van der Waals surface area (Å²) in [5.74, 6) is -5.95. The number of thioether (sulfide) groups is 1. The van der Waals surface area contributed by atoms with Gasteiger partial charge in [0, 0.05) is 87.7 Å². The number of nitrogen functional groups attached to an aromatic ring is 1. The number of fused-ring (bicyclic) bond motifs is 8. The quantitative estimate of drug-likeness (QED) is 0.114. The highest BCUT2D eigenvalue weighted by Crippen LogP contribution is 2.50. The molecule has 0 radical (unpaired) electrons. The van der Waals surface area contributed by atoms with Gasteiger partial charge >= 0.3 is 11.9 Å². The predicted molar refractivity (Wildman–Crippen MR) is 290 cm³/mol. The molecule has 6 bridgehead atoms. The van der Waals surface area contributed by atoms with E-state index in [1.807, 2.05) is 62.4 Å². The third-order valence-electron chi connectivity index (χ3n) is 16.6. The number of hydrogen-bond acceptors (Lipinski definition) is 20. The Labute approximate surface area is 470 Å². The second-order valence-corrected chi connectivity index (χ2v) is 25.0. The average Bonchev–Trinajstić information content (AvgIpc) is 3.95. The normalized spacial score (nSPS) is 39.6.